The number of likely N-dealkylation sites (tertiary alicyclic amines) is 1. The molecule has 3 unspecified atom stereocenters. The minimum atomic E-state index is -1.06. The van der Waals surface area contributed by atoms with Crippen molar-refractivity contribution in [3.8, 4) is 5.75 Å². The van der Waals surface area contributed by atoms with E-state index in [2.05, 4.69) is 36.4 Å². The highest BCUT2D eigenvalue weighted by atomic mass is 16.5. The molecule has 252 valence electrons. The van der Waals surface area contributed by atoms with Crippen molar-refractivity contribution >= 4 is 6.09 Å². The van der Waals surface area contributed by atoms with Gasteiger partial charge in [-0.25, -0.2) is 4.79 Å². The molecule has 7 heteroatoms. The number of hydrogen-bond acceptors (Lipinski definition) is 5. The molecule has 3 atom stereocenters. The first-order valence-corrected chi connectivity index (χ1v) is 16.9. The number of β-amino-alcohol motifs (C(OH)–C–C–N with tert-alkyl or cyclic N) is 1. The van der Waals surface area contributed by atoms with Gasteiger partial charge in [-0.15, -0.1) is 0 Å². The van der Waals surface area contributed by atoms with Crippen molar-refractivity contribution in [1.29, 1.82) is 0 Å². The highest BCUT2D eigenvalue weighted by Crippen LogP contribution is 2.43. The molecule has 0 spiro atoms. The van der Waals surface area contributed by atoms with Crippen LogP contribution in [0.15, 0.2) is 146 Å². The van der Waals surface area contributed by atoms with Crippen LogP contribution in [-0.2, 0) is 21.7 Å². The number of ether oxygens (including phenoxy) is 3. The van der Waals surface area contributed by atoms with Gasteiger partial charge in [0.25, 0.3) is 0 Å². The fourth-order valence-corrected chi connectivity index (χ4v) is 6.83. The summed E-state index contributed by atoms with van der Waals surface area (Å²) < 4.78 is 18.9. The summed E-state index contributed by atoms with van der Waals surface area (Å²) in [5, 5.41) is 21.4. The van der Waals surface area contributed by atoms with Gasteiger partial charge in [0.1, 0.15) is 11.4 Å². The minimum absolute atomic E-state index is 0.0267. The van der Waals surface area contributed by atoms with Crippen molar-refractivity contribution in [2.75, 3.05) is 32.9 Å². The number of hydrogen-bond donors (Lipinski definition) is 2. The molecule has 49 heavy (non-hydrogen) atoms. The Balaban J connectivity index is 1.20. The Morgan fingerprint density at radius 2 is 1.22 bits per heavy atom. The van der Waals surface area contributed by atoms with Gasteiger partial charge < -0.3 is 29.3 Å². The number of piperidine rings is 1. The summed E-state index contributed by atoms with van der Waals surface area (Å²) in [5.41, 5.74) is 3.97. The van der Waals surface area contributed by atoms with Gasteiger partial charge >= 0.3 is 6.09 Å². The van der Waals surface area contributed by atoms with Crippen molar-refractivity contribution in [2.24, 2.45) is 5.92 Å². The van der Waals surface area contributed by atoms with E-state index in [1.165, 1.54) is 4.90 Å². The number of rotatable bonds is 14. The number of aliphatic hydroxyl groups is 1. The largest absolute Gasteiger partial charge is 0.494 e. The first kappa shape index (κ1) is 33.9. The quantitative estimate of drug-likeness (QED) is 0.0939. The maximum atomic E-state index is 12.2. The molecule has 7 nitrogen and oxygen atoms in total. The van der Waals surface area contributed by atoms with E-state index >= 15 is 0 Å². The normalized spacial score (nSPS) is 17.8. The van der Waals surface area contributed by atoms with E-state index < -0.39 is 17.8 Å². The standard InChI is InChI=1S/C42H43NO6/c44-39-29-43(41(45)46)28-34(40(39)33-22-24-38(25-23-33)48-27-13-26-47-30-32-14-5-1-6-15-32)31-49-42(35-16-7-2-8-17-35,36-18-9-3-10-19-36)37-20-11-4-12-21-37/h1-12,14-25,34,39-40,44H,13,26-31H2,(H,45,46). The SMILES string of the molecule is O=C(O)N1CC(O)C(c2ccc(OCCCOCc3ccccc3)cc2)C(COC(c2ccccc2)(c2ccccc2)c2ccccc2)C1. The maximum absolute atomic E-state index is 12.2. The highest BCUT2D eigenvalue weighted by Gasteiger charge is 2.43. The van der Waals surface area contributed by atoms with E-state index in [9.17, 15) is 15.0 Å². The van der Waals surface area contributed by atoms with E-state index in [1.54, 1.807) is 0 Å². The number of nitrogens with zero attached hydrogens (tertiary/aromatic N) is 1. The minimum Gasteiger partial charge on any atom is -0.494 e. The Kier molecular flexibility index (Phi) is 11.4. The number of aliphatic hydroxyl groups excluding tert-OH is 1. The Morgan fingerprint density at radius 1 is 0.694 bits per heavy atom. The van der Waals surface area contributed by atoms with Crippen LogP contribution in [0, 0.1) is 5.92 Å². The van der Waals surface area contributed by atoms with Crippen LogP contribution < -0.4 is 4.74 Å². The zero-order chi connectivity index (χ0) is 33.9. The number of carboxylic acid groups (broad SMARTS) is 1. The van der Waals surface area contributed by atoms with Crippen LogP contribution in [0.5, 0.6) is 5.75 Å². The fourth-order valence-electron chi connectivity index (χ4n) is 6.83. The lowest BCUT2D eigenvalue weighted by Gasteiger charge is -2.43. The predicted molar refractivity (Wildman–Crippen MR) is 190 cm³/mol. The van der Waals surface area contributed by atoms with Gasteiger partial charge in [-0.05, 0) is 39.9 Å². The van der Waals surface area contributed by atoms with Crippen LogP contribution in [0.4, 0.5) is 4.79 Å². The molecule has 1 saturated heterocycles. The zero-order valence-electron chi connectivity index (χ0n) is 27.5. The average molecular weight is 658 g/mol. The van der Waals surface area contributed by atoms with Crippen LogP contribution in [0.2, 0.25) is 0 Å². The van der Waals surface area contributed by atoms with Crippen molar-refractivity contribution < 1.29 is 29.2 Å². The Labute approximate surface area is 288 Å². The number of carbonyl (C=O) groups is 1. The van der Waals surface area contributed by atoms with Gasteiger partial charge in [-0.3, -0.25) is 0 Å². The predicted octanol–water partition coefficient (Wildman–Crippen LogP) is 7.74. The second-order valence-electron chi connectivity index (χ2n) is 12.4. The number of amides is 1. The molecular formula is C42H43NO6. The molecule has 1 fully saturated rings. The fraction of sp³-hybridized carbons (Fsp3) is 0.262. The summed E-state index contributed by atoms with van der Waals surface area (Å²) in [4.78, 5) is 13.5. The number of benzene rings is 5. The van der Waals surface area contributed by atoms with Gasteiger partial charge in [0.15, 0.2) is 0 Å². The van der Waals surface area contributed by atoms with Crippen LogP contribution in [0.3, 0.4) is 0 Å². The van der Waals surface area contributed by atoms with E-state index in [0.717, 1.165) is 40.0 Å². The van der Waals surface area contributed by atoms with Gasteiger partial charge in [-0.1, -0.05) is 133 Å². The molecule has 0 aromatic heterocycles. The van der Waals surface area contributed by atoms with Crippen molar-refractivity contribution in [3.05, 3.63) is 173 Å². The third-order valence-electron chi connectivity index (χ3n) is 9.19. The topological polar surface area (TPSA) is 88.5 Å². The lowest BCUT2D eigenvalue weighted by Crippen LogP contribution is -2.52. The molecule has 0 saturated carbocycles. The lowest BCUT2D eigenvalue weighted by molar-refractivity contribution is -0.0513. The highest BCUT2D eigenvalue weighted by molar-refractivity contribution is 5.65. The molecule has 0 bridgehead atoms. The van der Waals surface area contributed by atoms with Crippen LogP contribution in [-0.4, -0.2) is 60.2 Å². The van der Waals surface area contributed by atoms with E-state index in [-0.39, 0.29) is 31.5 Å². The summed E-state index contributed by atoms with van der Waals surface area (Å²) in [6.45, 7) is 2.15. The summed E-state index contributed by atoms with van der Waals surface area (Å²) in [7, 11) is 0. The van der Waals surface area contributed by atoms with Gasteiger partial charge in [0, 0.05) is 24.8 Å². The molecular weight excluding hydrogens is 614 g/mol. The molecule has 0 radical (unpaired) electrons. The summed E-state index contributed by atoms with van der Waals surface area (Å²) >= 11 is 0. The van der Waals surface area contributed by atoms with Crippen LogP contribution in [0.25, 0.3) is 0 Å². The lowest BCUT2D eigenvalue weighted by atomic mass is 9.77. The Bertz CT molecular complexity index is 1620. The smallest absolute Gasteiger partial charge is 0.407 e. The molecule has 6 rings (SSSR count). The molecule has 1 amide bonds. The molecule has 2 N–H and O–H groups in total. The zero-order valence-corrected chi connectivity index (χ0v) is 27.5. The summed E-state index contributed by atoms with van der Waals surface area (Å²) in [6, 6.07) is 48.2. The third-order valence-corrected chi connectivity index (χ3v) is 9.19. The molecule has 0 aliphatic carbocycles. The first-order valence-electron chi connectivity index (χ1n) is 16.9. The van der Waals surface area contributed by atoms with E-state index in [0.29, 0.717) is 19.8 Å². The monoisotopic (exact) mass is 657 g/mol. The molecule has 5 aromatic rings. The Morgan fingerprint density at radius 3 is 1.76 bits per heavy atom. The Hall–Kier alpha value is -4.95. The molecule has 1 aliphatic rings. The van der Waals surface area contributed by atoms with E-state index in [4.69, 9.17) is 14.2 Å². The molecule has 1 heterocycles. The van der Waals surface area contributed by atoms with Crippen LogP contribution >= 0.6 is 0 Å². The molecule has 5 aromatic carbocycles. The second-order valence-corrected chi connectivity index (χ2v) is 12.4. The van der Waals surface area contributed by atoms with E-state index in [1.807, 2.05) is 109 Å². The maximum Gasteiger partial charge on any atom is 0.407 e. The third kappa shape index (κ3) is 8.20. The first-order chi connectivity index (χ1) is 24.0. The van der Waals surface area contributed by atoms with Crippen molar-refractivity contribution in [3.63, 3.8) is 0 Å². The van der Waals surface area contributed by atoms with Gasteiger partial charge in [-0.2, -0.15) is 0 Å². The van der Waals surface area contributed by atoms with Gasteiger partial charge in [0.2, 0.25) is 0 Å². The molecule has 1 aliphatic heterocycles. The average Bonchev–Trinajstić information content (AvgIpc) is 3.15. The van der Waals surface area contributed by atoms with Crippen LogP contribution in [0.1, 0.15) is 40.2 Å². The second kappa shape index (κ2) is 16.4. The van der Waals surface area contributed by atoms with Crippen molar-refractivity contribution in [2.45, 2.75) is 30.7 Å². The summed E-state index contributed by atoms with van der Waals surface area (Å²) in [6.07, 6.45) is -1.21. The van der Waals surface area contributed by atoms with Crippen molar-refractivity contribution in [1.82, 2.24) is 4.90 Å². The van der Waals surface area contributed by atoms with Gasteiger partial charge in [0.05, 0.1) is 39.1 Å². The summed E-state index contributed by atoms with van der Waals surface area (Å²) in [5.74, 6) is 0.0493.